The molecule has 11 heteroatoms. The number of para-hydroxylation sites is 1. The molecule has 8 nitrogen and oxygen atoms in total. The number of carbonyl (C=O) groups is 1. The number of carbonyl (C=O) groups excluding carboxylic acids is 1. The lowest BCUT2D eigenvalue weighted by molar-refractivity contribution is -0.118. The van der Waals surface area contributed by atoms with Crippen molar-refractivity contribution in [3.05, 3.63) is 125 Å². The lowest BCUT2D eigenvalue weighted by Crippen LogP contribution is -2.24. The molecule has 1 amide bonds. The standard InChI is InChI=1S/C31H28ClN5O3S2/c1-22-15-17-25(18-16-22)42(39,40)30-26(32)13-8-14-27(30)33-20-28-35-36-31(37(28)24-11-6-3-7-12-24)41-21-29(38)34-19-23-9-4-2-5-10-23/h2-18,33H,19-21H2,1H3,(H,34,38). The minimum atomic E-state index is -3.91. The first-order chi connectivity index (χ1) is 20.3. The Morgan fingerprint density at radius 1 is 0.857 bits per heavy atom. The van der Waals surface area contributed by atoms with E-state index < -0.39 is 9.84 Å². The molecule has 42 heavy (non-hydrogen) atoms. The number of halogens is 1. The predicted molar refractivity (Wildman–Crippen MR) is 166 cm³/mol. The maximum Gasteiger partial charge on any atom is 0.230 e. The summed E-state index contributed by atoms with van der Waals surface area (Å²) in [6.45, 7) is 2.49. The van der Waals surface area contributed by atoms with E-state index >= 15 is 0 Å². The molecule has 0 atom stereocenters. The molecule has 4 aromatic carbocycles. The molecule has 5 aromatic rings. The summed E-state index contributed by atoms with van der Waals surface area (Å²) in [5.41, 5.74) is 3.13. The van der Waals surface area contributed by atoms with E-state index in [4.69, 9.17) is 11.6 Å². The summed E-state index contributed by atoms with van der Waals surface area (Å²) in [4.78, 5) is 12.7. The molecular formula is C31H28ClN5O3S2. The number of amides is 1. The molecule has 0 aliphatic heterocycles. The van der Waals surface area contributed by atoms with Gasteiger partial charge in [-0.3, -0.25) is 9.36 Å². The third-order valence-electron chi connectivity index (χ3n) is 6.38. The molecule has 0 aliphatic rings. The summed E-state index contributed by atoms with van der Waals surface area (Å²) in [6.07, 6.45) is 0. The van der Waals surface area contributed by atoms with Crippen LogP contribution in [0.3, 0.4) is 0 Å². The Kier molecular flexibility index (Phi) is 9.26. The Bertz CT molecular complexity index is 1780. The van der Waals surface area contributed by atoms with Gasteiger partial charge in [0.25, 0.3) is 0 Å². The number of hydrogen-bond acceptors (Lipinski definition) is 7. The zero-order valence-electron chi connectivity index (χ0n) is 22.7. The SMILES string of the molecule is Cc1ccc(S(=O)(=O)c2c(Cl)cccc2NCc2nnc(SCC(=O)NCc3ccccc3)n2-c2ccccc2)cc1. The third kappa shape index (κ3) is 6.84. The van der Waals surface area contributed by atoms with E-state index in [-0.39, 0.29) is 33.0 Å². The van der Waals surface area contributed by atoms with Gasteiger partial charge in [-0.15, -0.1) is 10.2 Å². The Morgan fingerprint density at radius 2 is 1.55 bits per heavy atom. The fraction of sp³-hybridized carbons (Fsp3) is 0.129. The van der Waals surface area contributed by atoms with Gasteiger partial charge in [0.2, 0.25) is 15.7 Å². The maximum atomic E-state index is 13.6. The van der Waals surface area contributed by atoms with Gasteiger partial charge in [-0.25, -0.2) is 8.42 Å². The quantitative estimate of drug-likeness (QED) is 0.173. The molecule has 0 spiro atoms. The van der Waals surface area contributed by atoms with Crippen LogP contribution in [0.25, 0.3) is 5.69 Å². The minimum absolute atomic E-state index is 0.00835. The fourth-order valence-electron chi connectivity index (χ4n) is 4.25. The van der Waals surface area contributed by atoms with Gasteiger partial charge < -0.3 is 10.6 Å². The van der Waals surface area contributed by atoms with Crippen LogP contribution in [0.1, 0.15) is 17.0 Å². The van der Waals surface area contributed by atoms with Crippen LogP contribution >= 0.6 is 23.4 Å². The van der Waals surface area contributed by atoms with Crippen molar-refractivity contribution in [3.8, 4) is 5.69 Å². The Morgan fingerprint density at radius 3 is 2.26 bits per heavy atom. The van der Waals surface area contributed by atoms with Gasteiger partial charge >= 0.3 is 0 Å². The molecule has 5 rings (SSSR count). The maximum absolute atomic E-state index is 13.6. The van der Waals surface area contributed by atoms with Gasteiger partial charge in [0.15, 0.2) is 11.0 Å². The molecule has 1 heterocycles. The van der Waals surface area contributed by atoms with Gasteiger partial charge in [-0.05, 0) is 48.9 Å². The number of thioether (sulfide) groups is 1. The van der Waals surface area contributed by atoms with Crippen molar-refractivity contribution in [1.82, 2.24) is 20.1 Å². The highest BCUT2D eigenvalue weighted by Crippen LogP contribution is 2.34. The zero-order valence-corrected chi connectivity index (χ0v) is 25.1. The van der Waals surface area contributed by atoms with E-state index in [1.165, 1.54) is 11.8 Å². The van der Waals surface area contributed by atoms with Gasteiger partial charge in [0, 0.05) is 12.2 Å². The number of aromatic nitrogens is 3. The van der Waals surface area contributed by atoms with Crippen molar-refractivity contribution in [2.75, 3.05) is 11.1 Å². The van der Waals surface area contributed by atoms with Crippen molar-refractivity contribution in [3.63, 3.8) is 0 Å². The first-order valence-electron chi connectivity index (χ1n) is 13.1. The molecule has 0 radical (unpaired) electrons. The van der Waals surface area contributed by atoms with Crippen molar-refractivity contribution < 1.29 is 13.2 Å². The molecule has 0 aliphatic carbocycles. The average Bonchev–Trinajstić information content (AvgIpc) is 3.41. The molecule has 0 fully saturated rings. The van der Waals surface area contributed by atoms with E-state index in [9.17, 15) is 13.2 Å². The number of aryl methyl sites for hydroxylation is 1. The van der Waals surface area contributed by atoms with Crippen LogP contribution in [0, 0.1) is 6.92 Å². The van der Waals surface area contributed by atoms with Crippen LogP contribution in [0.15, 0.2) is 118 Å². The van der Waals surface area contributed by atoms with Crippen LogP contribution < -0.4 is 10.6 Å². The topological polar surface area (TPSA) is 106 Å². The van der Waals surface area contributed by atoms with Gasteiger partial charge in [0.1, 0.15) is 4.90 Å². The number of benzene rings is 4. The van der Waals surface area contributed by atoms with Crippen LogP contribution in [0.5, 0.6) is 0 Å². The van der Waals surface area contributed by atoms with Gasteiger partial charge in [-0.2, -0.15) is 0 Å². The van der Waals surface area contributed by atoms with E-state index in [0.717, 1.165) is 16.8 Å². The lowest BCUT2D eigenvalue weighted by atomic mass is 10.2. The first kappa shape index (κ1) is 29.4. The highest BCUT2D eigenvalue weighted by Gasteiger charge is 2.25. The van der Waals surface area contributed by atoms with Crippen molar-refractivity contribution in [2.24, 2.45) is 0 Å². The number of nitrogens with zero attached hydrogens (tertiary/aromatic N) is 3. The zero-order chi connectivity index (χ0) is 29.5. The normalized spacial score (nSPS) is 11.3. The summed E-state index contributed by atoms with van der Waals surface area (Å²) in [5.74, 6) is 0.557. The molecule has 0 saturated carbocycles. The molecule has 0 saturated heterocycles. The second-order valence-electron chi connectivity index (χ2n) is 9.41. The smallest absolute Gasteiger partial charge is 0.230 e. The number of sulfone groups is 1. The summed E-state index contributed by atoms with van der Waals surface area (Å²) in [6, 6.07) is 30.8. The fourth-order valence-corrected chi connectivity index (χ4v) is 7.02. The Balaban J connectivity index is 1.37. The second kappa shape index (κ2) is 13.2. The average molecular weight is 618 g/mol. The molecule has 1 aromatic heterocycles. The number of hydrogen-bond donors (Lipinski definition) is 2. The summed E-state index contributed by atoms with van der Waals surface area (Å²) >= 11 is 7.72. The second-order valence-corrected chi connectivity index (χ2v) is 12.6. The largest absolute Gasteiger partial charge is 0.377 e. The van der Waals surface area contributed by atoms with E-state index in [2.05, 4.69) is 20.8 Å². The Labute approximate surface area is 254 Å². The highest BCUT2D eigenvalue weighted by molar-refractivity contribution is 7.99. The first-order valence-corrected chi connectivity index (χ1v) is 15.9. The summed E-state index contributed by atoms with van der Waals surface area (Å²) in [5, 5.41) is 15.5. The van der Waals surface area contributed by atoms with E-state index in [1.807, 2.05) is 72.2 Å². The van der Waals surface area contributed by atoms with Crippen LogP contribution in [-0.2, 0) is 27.7 Å². The van der Waals surface area contributed by atoms with Gasteiger partial charge in [-0.1, -0.05) is 95.7 Å². The number of nitrogens with one attached hydrogen (secondary N) is 2. The molecule has 2 N–H and O–H groups in total. The molecule has 0 bridgehead atoms. The van der Waals surface area contributed by atoms with Crippen molar-refractivity contribution in [1.29, 1.82) is 0 Å². The minimum Gasteiger partial charge on any atom is -0.377 e. The monoisotopic (exact) mass is 617 g/mol. The lowest BCUT2D eigenvalue weighted by Gasteiger charge is -2.15. The van der Waals surface area contributed by atoms with Crippen LogP contribution in [0.4, 0.5) is 5.69 Å². The van der Waals surface area contributed by atoms with E-state index in [1.54, 1.807) is 42.5 Å². The van der Waals surface area contributed by atoms with Crippen molar-refractivity contribution in [2.45, 2.75) is 35.0 Å². The van der Waals surface area contributed by atoms with E-state index in [0.29, 0.717) is 23.2 Å². The van der Waals surface area contributed by atoms with Crippen molar-refractivity contribution >= 4 is 44.8 Å². The predicted octanol–water partition coefficient (Wildman–Crippen LogP) is 6.08. The van der Waals surface area contributed by atoms with Crippen LogP contribution in [0.2, 0.25) is 5.02 Å². The van der Waals surface area contributed by atoms with Crippen LogP contribution in [-0.4, -0.2) is 34.8 Å². The van der Waals surface area contributed by atoms with Gasteiger partial charge in [0.05, 0.1) is 27.9 Å². The highest BCUT2D eigenvalue weighted by atomic mass is 35.5. The number of anilines is 1. The summed E-state index contributed by atoms with van der Waals surface area (Å²) < 4.78 is 29.0. The molecule has 0 unspecified atom stereocenters. The summed E-state index contributed by atoms with van der Waals surface area (Å²) in [7, 11) is -3.91. The molecule has 214 valence electrons. The number of rotatable bonds is 11. The third-order valence-corrected chi connectivity index (χ3v) is 9.61. The Hall–Kier alpha value is -4.12. The molecular weight excluding hydrogens is 590 g/mol.